The first-order chi connectivity index (χ1) is 9.34. The number of likely N-dealkylation sites (N-methyl/N-ethyl adjacent to an activating group) is 1. The second kappa shape index (κ2) is 5.10. The number of aliphatic hydroxyl groups is 1. The summed E-state index contributed by atoms with van der Waals surface area (Å²) in [4.78, 5) is 0. The van der Waals surface area contributed by atoms with Crippen LogP contribution in [-0.2, 0) is 5.41 Å². The van der Waals surface area contributed by atoms with Gasteiger partial charge in [0.15, 0.2) is 0 Å². The fourth-order valence-electron chi connectivity index (χ4n) is 2.40. The molecule has 0 aliphatic rings. The molecule has 20 heavy (non-hydrogen) atoms. The zero-order valence-electron chi connectivity index (χ0n) is 11.2. The first-order valence-corrected chi connectivity index (χ1v) is 6.17. The highest BCUT2D eigenvalue weighted by Crippen LogP contribution is 2.44. The molecule has 2 atom stereocenters. The van der Waals surface area contributed by atoms with Crippen LogP contribution < -0.4 is 5.32 Å². The second-order valence-electron chi connectivity index (χ2n) is 4.90. The van der Waals surface area contributed by atoms with Crippen LogP contribution in [0.2, 0.25) is 0 Å². The van der Waals surface area contributed by atoms with Gasteiger partial charge in [0.1, 0.15) is 11.0 Å². The van der Waals surface area contributed by atoms with Crippen LogP contribution in [0.25, 0.3) is 11.0 Å². The second-order valence-corrected chi connectivity index (χ2v) is 4.90. The van der Waals surface area contributed by atoms with E-state index in [4.69, 9.17) is 4.42 Å². The zero-order chi connectivity index (χ0) is 15.0. The van der Waals surface area contributed by atoms with Crippen molar-refractivity contribution in [3.63, 3.8) is 0 Å². The van der Waals surface area contributed by atoms with E-state index in [1.807, 2.05) is 0 Å². The summed E-state index contributed by atoms with van der Waals surface area (Å²) in [5.74, 6) is 0. The van der Waals surface area contributed by atoms with Gasteiger partial charge >= 0.3 is 6.18 Å². The largest absolute Gasteiger partial charge is 0.464 e. The lowest BCUT2D eigenvalue weighted by Gasteiger charge is -2.38. The van der Waals surface area contributed by atoms with Crippen molar-refractivity contribution >= 4 is 11.0 Å². The minimum Gasteiger partial charge on any atom is -0.464 e. The lowest BCUT2D eigenvalue weighted by molar-refractivity contribution is -0.196. The average Bonchev–Trinajstić information content (AvgIpc) is 2.85. The third-order valence-corrected chi connectivity index (χ3v) is 3.87. The Bertz CT molecular complexity index is 589. The molecule has 2 rings (SSSR count). The van der Waals surface area contributed by atoms with E-state index in [2.05, 4.69) is 5.32 Å². The summed E-state index contributed by atoms with van der Waals surface area (Å²) in [6.07, 6.45) is -3.08. The molecule has 1 aromatic carbocycles. The highest BCUT2D eigenvalue weighted by Gasteiger charge is 2.56. The van der Waals surface area contributed by atoms with Gasteiger partial charge in [-0.15, -0.1) is 0 Å². The third kappa shape index (κ3) is 2.19. The Morgan fingerprint density at radius 3 is 2.55 bits per heavy atom. The summed E-state index contributed by atoms with van der Waals surface area (Å²) < 4.78 is 45.8. The molecule has 2 N–H and O–H groups in total. The predicted molar refractivity (Wildman–Crippen MR) is 69.6 cm³/mol. The quantitative estimate of drug-likeness (QED) is 0.909. The van der Waals surface area contributed by atoms with Crippen LogP contribution in [0.3, 0.4) is 0 Å². The molecule has 6 heteroatoms. The molecule has 0 aliphatic heterocycles. The maximum Gasteiger partial charge on any atom is 0.399 e. The van der Waals surface area contributed by atoms with Crippen LogP contribution in [0, 0.1) is 0 Å². The Balaban J connectivity index is 2.61. The number of benzene rings is 1. The molecule has 1 heterocycles. The van der Waals surface area contributed by atoms with Gasteiger partial charge < -0.3 is 14.8 Å². The topological polar surface area (TPSA) is 45.4 Å². The van der Waals surface area contributed by atoms with Gasteiger partial charge in [0, 0.05) is 11.4 Å². The first kappa shape index (κ1) is 14.9. The van der Waals surface area contributed by atoms with Gasteiger partial charge in [-0.1, -0.05) is 12.1 Å². The van der Waals surface area contributed by atoms with Crippen LogP contribution in [0.1, 0.15) is 12.5 Å². The van der Waals surface area contributed by atoms with Crippen LogP contribution in [0.15, 0.2) is 34.9 Å². The summed E-state index contributed by atoms with van der Waals surface area (Å²) in [6.45, 7) is 0.456. The molecular formula is C14H16F3NO2. The molecule has 0 aliphatic carbocycles. The molecule has 110 valence electrons. The van der Waals surface area contributed by atoms with Crippen molar-refractivity contribution in [1.82, 2.24) is 5.32 Å². The molecular weight excluding hydrogens is 271 g/mol. The highest BCUT2D eigenvalue weighted by molar-refractivity contribution is 5.78. The number of fused-ring (bicyclic) bond motifs is 1. The third-order valence-electron chi connectivity index (χ3n) is 3.87. The first-order valence-electron chi connectivity index (χ1n) is 6.17. The number of furan rings is 1. The molecule has 0 bridgehead atoms. The molecule has 0 fully saturated rings. The van der Waals surface area contributed by atoms with Crippen molar-refractivity contribution in [3.8, 4) is 0 Å². The van der Waals surface area contributed by atoms with E-state index < -0.39 is 24.2 Å². The number of halogens is 3. The molecule has 2 aromatic rings. The van der Waals surface area contributed by atoms with E-state index in [9.17, 15) is 18.3 Å². The summed E-state index contributed by atoms with van der Waals surface area (Å²) >= 11 is 0. The summed E-state index contributed by atoms with van der Waals surface area (Å²) in [7, 11) is 1.40. The molecule has 1 aromatic heterocycles. The lowest BCUT2D eigenvalue weighted by atomic mass is 9.75. The fraction of sp³-hybridized carbons (Fsp3) is 0.429. The van der Waals surface area contributed by atoms with Crippen LogP contribution >= 0.6 is 0 Å². The smallest absolute Gasteiger partial charge is 0.399 e. The minimum atomic E-state index is -4.51. The number of rotatable bonds is 4. The van der Waals surface area contributed by atoms with Crippen LogP contribution in [0.5, 0.6) is 0 Å². The molecule has 0 radical (unpaired) electrons. The molecule has 2 unspecified atom stereocenters. The van der Waals surface area contributed by atoms with Gasteiger partial charge in [0.05, 0.1) is 12.9 Å². The van der Waals surface area contributed by atoms with E-state index >= 15 is 0 Å². The van der Waals surface area contributed by atoms with Crippen molar-refractivity contribution in [1.29, 1.82) is 0 Å². The van der Waals surface area contributed by atoms with Gasteiger partial charge in [-0.05, 0) is 31.7 Å². The monoisotopic (exact) mass is 287 g/mol. The lowest BCUT2D eigenvalue weighted by Crippen LogP contribution is -2.56. The van der Waals surface area contributed by atoms with Crippen molar-refractivity contribution in [2.45, 2.75) is 24.6 Å². The van der Waals surface area contributed by atoms with Crippen molar-refractivity contribution in [2.75, 3.05) is 13.7 Å². The number of aliphatic hydroxyl groups excluding tert-OH is 1. The van der Waals surface area contributed by atoms with Gasteiger partial charge in [-0.2, -0.15) is 13.2 Å². The molecule has 0 saturated heterocycles. The Labute approximate surface area is 114 Å². The number of hydrogen-bond acceptors (Lipinski definition) is 3. The standard InChI is InChI=1S/C14H16F3NO2/c1-13(14(15,16)17,12(8-19)18-2)10-4-3-9-5-6-20-11(9)7-10/h3-7,12,18-19H,8H2,1-2H3. The predicted octanol–water partition coefficient (Wildman–Crippen LogP) is 2.83. The Kier molecular flexibility index (Phi) is 3.80. The van der Waals surface area contributed by atoms with Crippen LogP contribution in [0.4, 0.5) is 13.2 Å². The van der Waals surface area contributed by atoms with Crippen molar-refractivity contribution in [2.24, 2.45) is 0 Å². The van der Waals surface area contributed by atoms with E-state index in [0.717, 1.165) is 12.3 Å². The molecule has 3 nitrogen and oxygen atoms in total. The Hall–Kier alpha value is -1.53. The summed E-state index contributed by atoms with van der Waals surface area (Å²) in [5.41, 5.74) is -1.76. The number of hydrogen-bond donors (Lipinski definition) is 2. The number of alkyl halides is 3. The van der Waals surface area contributed by atoms with Crippen LogP contribution in [-0.4, -0.2) is 31.0 Å². The summed E-state index contributed by atoms with van der Waals surface area (Å²) in [6, 6.07) is 4.93. The highest BCUT2D eigenvalue weighted by atomic mass is 19.4. The maximum atomic E-state index is 13.6. The molecule has 0 spiro atoms. The van der Waals surface area contributed by atoms with Crippen molar-refractivity contribution in [3.05, 3.63) is 36.1 Å². The van der Waals surface area contributed by atoms with E-state index in [1.165, 1.54) is 25.4 Å². The van der Waals surface area contributed by atoms with Gasteiger partial charge in [0.2, 0.25) is 0 Å². The Morgan fingerprint density at radius 2 is 2.00 bits per heavy atom. The summed E-state index contributed by atoms with van der Waals surface area (Å²) in [5, 5.41) is 12.6. The normalized spacial score (nSPS) is 17.1. The van der Waals surface area contributed by atoms with Crippen molar-refractivity contribution < 1.29 is 22.7 Å². The molecule has 0 amide bonds. The maximum absolute atomic E-state index is 13.6. The van der Waals surface area contributed by atoms with Gasteiger partial charge in [-0.3, -0.25) is 0 Å². The van der Waals surface area contributed by atoms with E-state index in [-0.39, 0.29) is 5.56 Å². The fourth-order valence-corrected chi connectivity index (χ4v) is 2.40. The van der Waals surface area contributed by atoms with Gasteiger partial charge in [0.25, 0.3) is 0 Å². The average molecular weight is 287 g/mol. The number of nitrogens with one attached hydrogen (secondary N) is 1. The Morgan fingerprint density at radius 1 is 1.30 bits per heavy atom. The minimum absolute atomic E-state index is 0.0563. The van der Waals surface area contributed by atoms with E-state index in [0.29, 0.717) is 5.58 Å². The molecule has 0 saturated carbocycles. The van der Waals surface area contributed by atoms with Gasteiger partial charge in [-0.25, -0.2) is 0 Å². The zero-order valence-corrected chi connectivity index (χ0v) is 11.2. The SMILES string of the molecule is CNC(CO)C(C)(c1ccc2ccoc2c1)C(F)(F)F. The van der Waals surface area contributed by atoms with E-state index in [1.54, 1.807) is 12.1 Å².